The van der Waals surface area contributed by atoms with Crippen LogP contribution < -0.4 is 4.74 Å². The van der Waals surface area contributed by atoms with Crippen LogP contribution in [0.5, 0.6) is 5.75 Å². The Morgan fingerprint density at radius 3 is 2.40 bits per heavy atom. The summed E-state index contributed by atoms with van der Waals surface area (Å²) in [6.07, 6.45) is 5.26. The number of hydrogen-bond donors (Lipinski definition) is 0. The van der Waals surface area contributed by atoms with Crippen LogP contribution in [0, 0.1) is 17.2 Å². The first-order valence-corrected chi connectivity index (χ1v) is 8.47. The highest BCUT2D eigenvalue weighted by Gasteiger charge is 2.31. The van der Waals surface area contributed by atoms with Crippen LogP contribution in [-0.2, 0) is 11.3 Å². The van der Waals surface area contributed by atoms with Gasteiger partial charge in [-0.3, -0.25) is 0 Å². The third-order valence-electron chi connectivity index (χ3n) is 4.37. The molecule has 0 radical (unpaired) electrons. The van der Waals surface area contributed by atoms with Crippen molar-refractivity contribution in [1.29, 1.82) is 5.26 Å². The molecule has 1 aliphatic rings. The average molecular weight is 353 g/mol. The number of nitrogens with zero attached hydrogens (tertiary/aromatic N) is 1. The van der Waals surface area contributed by atoms with Gasteiger partial charge in [0.05, 0.1) is 18.8 Å². The van der Waals surface area contributed by atoms with Gasteiger partial charge >= 0.3 is 6.36 Å². The number of ether oxygens (including phenoxy) is 2. The molecule has 0 saturated heterocycles. The molecule has 25 heavy (non-hydrogen) atoms. The maximum Gasteiger partial charge on any atom is 0.573 e. The zero-order chi connectivity index (χ0) is 18.1. The lowest BCUT2D eigenvalue weighted by Gasteiger charge is -2.28. The average Bonchev–Trinajstić information content (AvgIpc) is 2.58. The van der Waals surface area contributed by atoms with Crippen molar-refractivity contribution in [3.05, 3.63) is 42.0 Å². The fraction of sp³-hybridized carbons (Fsp3) is 0.526. The normalized spacial score (nSPS) is 21.2. The predicted molar refractivity (Wildman–Crippen MR) is 87.6 cm³/mol. The molecular formula is C19H22F3NO2. The van der Waals surface area contributed by atoms with Crippen molar-refractivity contribution in [2.45, 2.75) is 57.6 Å². The highest BCUT2D eigenvalue weighted by molar-refractivity contribution is 5.27. The number of benzene rings is 1. The van der Waals surface area contributed by atoms with E-state index in [1.807, 2.05) is 12.1 Å². The minimum Gasteiger partial charge on any atom is -0.406 e. The van der Waals surface area contributed by atoms with Gasteiger partial charge < -0.3 is 9.47 Å². The van der Waals surface area contributed by atoms with Crippen molar-refractivity contribution < 1.29 is 22.6 Å². The van der Waals surface area contributed by atoms with Gasteiger partial charge in [-0.05, 0) is 62.1 Å². The van der Waals surface area contributed by atoms with E-state index in [4.69, 9.17) is 10.00 Å². The highest BCUT2D eigenvalue weighted by Crippen LogP contribution is 2.30. The van der Waals surface area contributed by atoms with Gasteiger partial charge in [0.15, 0.2) is 0 Å². The standard InChI is InChI=1S/C19H22F3NO2/c20-19(21,22)25-18-11-7-16(8-12-18)14-24-17-9-5-15(6-10-17)4-2-1-3-13-23/h1,3,7-8,11-12,15,17H,2,4-6,9-10,14H2/t15-,17-. The van der Waals surface area contributed by atoms with E-state index < -0.39 is 6.36 Å². The Balaban J connectivity index is 1.67. The second-order valence-electron chi connectivity index (χ2n) is 6.25. The highest BCUT2D eigenvalue weighted by atomic mass is 19.4. The van der Waals surface area contributed by atoms with Gasteiger partial charge in [0.25, 0.3) is 0 Å². The van der Waals surface area contributed by atoms with Crippen molar-refractivity contribution in [2.24, 2.45) is 5.92 Å². The molecule has 0 atom stereocenters. The minimum absolute atomic E-state index is 0.206. The van der Waals surface area contributed by atoms with Gasteiger partial charge in [0.1, 0.15) is 5.75 Å². The van der Waals surface area contributed by atoms with E-state index in [2.05, 4.69) is 4.74 Å². The first-order chi connectivity index (χ1) is 12.0. The molecule has 0 heterocycles. The van der Waals surface area contributed by atoms with Crippen molar-refractivity contribution >= 4 is 0 Å². The molecule has 1 aromatic carbocycles. The Labute approximate surface area is 146 Å². The molecule has 6 heteroatoms. The van der Waals surface area contributed by atoms with E-state index in [0.717, 1.165) is 44.1 Å². The van der Waals surface area contributed by atoms with Crippen LogP contribution in [-0.4, -0.2) is 12.5 Å². The van der Waals surface area contributed by atoms with Crippen molar-refractivity contribution in [3.63, 3.8) is 0 Å². The van der Waals surface area contributed by atoms with Crippen LogP contribution in [0.25, 0.3) is 0 Å². The Bertz CT molecular complexity index is 582. The number of allylic oxidation sites excluding steroid dienone is 2. The molecule has 136 valence electrons. The van der Waals surface area contributed by atoms with Crippen molar-refractivity contribution in [1.82, 2.24) is 0 Å². The monoisotopic (exact) mass is 353 g/mol. The molecule has 0 N–H and O–H groups in total. The molecule has 1 saturated carbocycles. The van der Waals surface area contributed by atoms with E-state index >= 15 is 0 Å². The lowest BCUT2D eigenvalue weighted by atomic mass is 9.84. The van der Waals surface area contributed by atoms with Gasteiger partial charge in [-0.15, -0.1) is 13.2 Å². The van der Waals surface area contributed by atoms with Gasteiger partial charge in [-0.25, -0.2) is 0 Å². The van der Waals surface area contributed by atoms with Gasteiger partial charge in [0, 0.05) is 6.08 Å². The van der Waals surface area contributed by atoms with Crippen LogP contribution in [0.3, 0.4) is 0 Å². The Hall–Kier alpha value is -2.00. The van der Waals surface area contributed by atoms with E-state index in [-0.39, 0.29) is 11.9 Å². The summed E-state index contributed by atoms with van der Waals surface area (Å²) in [7, 11) is 0. The first-order valence-electron chi connectivity index (χ1n) is 8.47. The summed E-state index contributed by atoms with van der Waals surface area (Å²) in [5.41, 5.74) is 0.832. The zero-order valence-electron chi connectivity index (χ0n) is 14.0. The molecule has 0 unspecified atom stereocenters. The number of hydrogen-bond acceptors (Lipinski definition) is 3. The molecule has 1 fully saturated rings. The fourth-order valence-corrected chi connectivity index (χ4v) is 3.06. The summed E-state index contributed by atoms with van der Waals surface area (Å²) < 4.78 is 46.1. The summed E-state index contributed by atoms with van der Waals surface area (Å²) in [4.78, 5) is 0. The topological polar surface area (TPSA) is 42.2 Å². The smallest absolute Gasteiger partial charge is 0.406 e. The molecule has 0 bridgehead atoms. The van der Waals surface area contributed by atoms with Gasteiger partial charge in [-0.1, -0.05) is 18.2 Å². The fourth-order valence-electron chi connectivity index (χ4n) is 3.06. The molecule has 3 nitrogen and oxygen atoms in total. The molecule has 2 rings (SSSR count). The molecule has 0 amide bonds. The zero-order valence-corrected chi connectivity index (χ0v) is 14.0. The van der Waals surface area contributed by atoms with E-state index in [0.29, 0.717) is 12.5 Å². The van der Waals surface area contributed by atoms with Gasteiger partial charge in [0.2, 0.25) is 0 Å². The van der Waals surface area contributed by atoms with Crippen LogP contribution in [0.15, 0.2) is 36.4 Å². The lowest BCUT2D eigenvalue weighted by Crippen LogP contribution is -2.21. The molecule has 0 spiro atoms. The summed E-state index contributed by atoms with van der Waals surface area (Å²) in [6.45, 7) is 0.395. The maximum absolute atomic E-state index is 12.1. The van der Waals surface area contributed by atoms with Crippen LogP contribution >= 0.6 is 0 Å². The molecule has 0 aliphatic heterocycles. The number of alkyl halides is 3. The SMILES string of the molecule is N#CC=CCC[C@H]1CC[C@H](OCc2ccc(OC(F)(F)F)cc2)CC1. The van der Waals surface area contributed by atoms with Crippen LogP contribution in [0.2, 0.25) is 0 Å². The number of halogens is 3. The molecule has 0 aromatic heterocycles. The molecule has 1 aromatic rings. The summed E-state index contributed by atoms with van der Waals surface area (Å²) in [5.74, 6) is 0.462. The first kappa shape index (κ1) is 19.3. The summed E-state index contributed by atoms with van der Waals surface area (Å²) in [6, 6.07) is 7.79. The maximum atomic E-state index is 12.1. The Morgan fingerprint density at radius 1 is 1.12 bits per heavy atom. The summed E-state index contributed by atoms with van der Waals surface area (Å²) >= 11 is 0. The van der Waals surface area contributed by atoms with E-state index in [1.54, 1.807) is 12.1 Å². The Morgan fingerprint density at radius 2 is 1.80 bits per heavy atom. The largest absolute Gasteiger partial charge is 0.573 e. The van der Waals surface area contributed by atoms with E-state index in [9.17, 15) is 13.2 Å². The van der Waals surface area contributed by atoms with Gasteiger partial charge in [-0.2, -0.15) is 5.26 Å². The third kappa shape index (κ3) is 7.61. The van der Waals surface area contributed by atoms with Crippen molar-refractivity contribution in [3.8, 4) is 11.8 Å². The third-order valence-corrected chi connectivity index (χ3v) is 4.37. The number of rotatable bonds is 7. The predicted octanol–water partition coefficient (Wildman–Crippen LogP) is 5.52. The molecular weight excluding hydrogens is 331 g/mol. The Kier molecular flexibility index (Phi) is 7.32. The quantitative estimate of drug-likeness (QED) is 0.606. The summed E-state index contributed by atoms with van der Waals surface area (Å²) in [5, 5.41) is 8.45. The number of nitriles is 1. The van der Waals surface area contributed by atoms with Crippen molar-refractivity contribution in [2.75, 3.05) is 0 Å². The van der Waals surface area contributed by atoms with Crippen LogP contribution in [0.1, 0.15) is 44.1 Å². The second kappa shape index (κ2) is 9.47. The molecule has 1 aliphatic carbocycles. The van der Waals surface area contributed by atoms with Crippen LogP contribution in [0.4, 0.5) is 13.2 Å². The lowest BCUT2D eigenvalue weighted by molar-refractivity contribution is -0.274. The second-order valence-corrected chi connectivity index (χ2v) is 6.25. The minimum atomic E-state index is -4.67. The van der Waals surface area contributed by atoms with E-state index in [1.165, 1.54) is 18.2 Å².